The minimum absolute atomic E-state index is 0.0596. The maximum atomic E-state index is 14.0. The molecule has 0 saturated carbocycles. The van der Waals surface area contributed by atoms with Gasteiger partial charge in [-0.1, -0.05) is 86.1 Å². The molecule has 42 heavy (non-hydrogen) atoms. The number of sulfonamides is 1. The topological polar surface area (TPSA) is 86.8 Å². The Labute approximate surface area is 255 Å². The lowest BCUT2D eigenvalue weighted by atomic mass is 10.0. The number of anilines is 1. The van der Waals surface area contributed by atoms with E-state index in [9.17, 15) is 18.0 Å². The van der Waals surface area contributed by atoms with E-state index in [0.717, 1.165) is 22.3 Å². The number of hydrogen-bond donors (Lipinski definition) is 1. The molecule has 226 valence electrons. The molecular weight excluding hydrogens is 570 g/mol. The summed E-state index contributed by atoms with van der Waals surface area (Å²) in [7, 11) is -3.59. The van der Waals surface area contributed by atoms with Crippen molar-refractivity contribution in [1.82, 2.24) is 10.2 Å². The van der Waals surface area contributed by atoms with Crippen LogP contribution in [0.1, 0.15) is 48.9 Å². The number of nitrogens with one attached hydrogen (secondary N) is 1. The highest BCUT2D eigenvalue weighted by Gasteiger charge is 2.31. The van der Waals surface area contributed by atoms with Gasteiger partial charge in [-0.3, -0.25) is 13.9 Å². The van der Waals surface area contributed by atoms with Gasteiger partial charge in [0.2, 0.25) is 21.8 Å². The van der Waals surface area contributed by atoms with Gasteiger partial charge in [0.1, 0.15) is 6.04 Å². The van der Waals surface area contributed by atoms with Gasteiger partial charge in [0, 0.05) is 37.5 Å². The molecule has 1 unspecified atom stereocenters. The van der Waals surface area contributed by atoms with Gasteiger partial charge in [-0.2, -0.15) is 0 Å². The zero-order valence-corrected chi connectivity index (χ0v) is 26.7. The monoisotopic (exact) mass is 611 g/mol. The lowest BCUT2D eigenvalue weighted by Gasteiger charge is -2.32. The molecule has 9 heteroatoms. The molecule has 0 radical (unpaired) electrons. The average molecular weight is 612 g/mol. The van der Waals surface area contributed by atoms with Crippen molar-refractivity contribution >= 4 is 39.1 Å². The molecule has 1 N–H and O–H groups in total. The fourth-order valence-electron chi connectivity index (χ4n) is 4.76. The van der Waals surface area contributed by atoms with Crippen LogP contribution in [-0.2, 0) is 32.6 Å². The first kappa shape index (κ1) is 33.1. The van der Waals surface area contributed by atoms with Crippen molar-refractivity contribution in [2.75, 3.05) is 23.7 Å². The van der Waals surface area contributed by atoms with Crippen molar-refractivity contribution in [3.8, 4) is 0 Å². The minimum atomic E-state index is -3.59. The van der Waals surface area contributed by atoms with E-state index in [1.54, 1.807) is 11.0 Å². The van der Waals surface area contributed by atoms with Gasteiger partial charge in [-0.15, -0.1) is 0 Å². The molecule has 1 atom stereocenters. The van der Waals surface area contributed by atoms with Crippen molar-refractivity contribution in [1.29, 1.82) is 0 Å². The minimum Gasteiger partial charge on any atom is -0.354 e. The van der Waals surface area contributed by atoms with Gasteiger partial charge >= 0.3 is 0 Å². The second-order valence-electron chi connectivity index (χ2n) is 11.2. The van der Waals surface area contributed by atoms with Crippen molar-refractivity contribution in [3.05, 3.63) is 100 Å². The van der Waals surface area contributed by atoms with Gasteiger partial charge in [-0.05, 0) is 60.6 Å². The Morgan fingerprint density at radius 2 is 1.62 bits per heavy atom. The number of aryl methyl sites for hydroxylation is 2. The van der Waals surface area contributed by atoms with Gasteiger partial charge in [0.05, 0.1) is 11.9 Å². The standard InChI is InChI=1S/C33H42ClN3O4S/c1-24(2)22-35-33(39)31(21-27-12-7-6-8-13-27)36(23-28-14-9-10-15-29(28)34)32(38)16-11-19-37(42(5,40)41)30-20-25(3)17-18-26(30)4/h6-10,12-15,17-18,20,24,31H,11,16,19,21-23H2,1-5H3,(H,35,39). The Morgan fingerprint density at radius 1 is 0.952 bits per heavy atom. The third-order valence-electron chi connectivity index (χ3n) is 7.04. The molecule has 3 aromatic carbocycles. The molecule has 3 rings (SSSR count). The summed E-state index contributed by atoms with van der Waals surface area (Å²) >= 11 is 6.50. The summed E-state index contributed by atoms with van der Waals surface area (Å²) in [6.45, 7) is 8.59. The summed E-state index contributed by atoms with van der Waals surface area (Å²) in [6.07, 6.45) is 1.85. The number of hydrogen-bond acceptors (Lipinski definition) is 4. The smallest absolute Gasteiger partial charge is 0.243 e. The molecule has 7 nitrogen and oxygen atoms in total. The number of benzene rings is 3. The van der Waals surface area contributed by atoms with Gasteiger partial charge < -0.3 is 10.2 Å². The van der Waals surface area contributed by atoms with Crippen molar-refractivity contribution < 1.29 is 18.0 Å². The van der Waals surface area contributed by atoms with E-state index in [4.69, 9.17) is 11.6 Å². The summed E-state index contributed by atoms with van der Waals surface area (Å²) in [6, 6.07) is 21.8. The fraction of sp³-hybridized carbons (Fsp3) is 0.394. The SMILES string of the molecule is Cc1ccc(C)c(N(CCCC(=O)N(Cc2ccccc2Cl)C(Cc2ccccc2)C(=O)NCC(C)C)S(C)(=O)=O)c1. The second-order valence-corrected chi connectivity index (χ2v) is 13.5. The van der Waals surface area contributed by atoms with E-state index < -0.39 is 16.1 Å². The lowest BCUT2D eigenvalue weighted by molar-refractivity contribution is -0.141. The normalized spacial score (nSPS) is 12.2. The predicted molar refractivity (Wildman–Crippen MR) is 171 cm³/mol. The zero-order chi connectivity index (χ0) is 30.9. The molecule has 3 aromatic rings. The number of amides is 2. The molecule has 0 saturated heterocycles. The van der Waals surface area contributed by atoms with Gasteiger partial charge in [0.25, 0.3) is 0 Å². The Morgan fingerprint density at radius 3 is 2.26 bits per heavy atom. The van der Waals surface area contributed by atoms with Crippen LogP contribution in [-0.4, -0.2) is 50.5 Å². The van der Waals surface area contributed by atoms with E-state index in [-0.39, 0.29) is 43.7 Å². The fourth-order valence-corrected chi connectivity index (χ4v) is 5.97. The lowest BCUT2D eigenvalue weighted by Crippen LogP contribution is -2.51. The summed E-state index contributed by atoms with van der Waals surface area (Å²) in [5, 5.41) is 3.52. The van der Waals surface area contributed by atoms with Crippen LogP contribution in [0.25, 0.3) is 0 Å². The molecule has 0 heterocycles. The highest BCUT2D eigenvalue weighted by Crippen LogP contribution is 2.25. The molecule has 0 fully saturated rings. The van der Waals surface area contributed by atoms with E-state index in [1.165, 1.54) is 10.6 Å². The van der Waals surface area contributed by atoms with E-state index in [1.807, 2.05) is 94.4 Å². The summed E-state index contributed by atoms with van der Waals surface area (Å²) in [4.78, 5) is 29.2. The Balaban J connectivity index is 1.91. The summed E-state index contributed by atoms with van der Waals surface area (Å²) in [5.74, 6) is -0.239. The average Bonchev–Trinajstić information content (AvgIpc) is 2.94. The maximum Gasteiger partial charge on any atom is 0.243 e. The first-order valence-corrected chi connectivity index (χ1v) is 16.5. The van der Waals surface area contributed by atoms with Gasteiger partial charge in [-0.25, -0.2) is 8.42 Å². The van der Waals surface area contributed by atoms with Crippen molar-refractivity contribution in [2.24, 2.45) is 5.92 Å². The number of carbonyl (C=O) groups is 2. The zero-order valence-electron chi connectivity index (χ0n) is 25.1. The van der Waals surface area contributed by atoms with Crippen LogP contribution in [0.2, 0.25) is 5.02 Å². The molecule has 0 aliphatic carbocycles. The van der Waals surface area contributed by atoms with E-state index >= 15 is 0 Å². The Bertz CT molecular complexity index is 1460. The van der Waals surface area contributed by atoms with Crippen LogP contribution in [0.3, 0.4) is 0 Å². The molecule has 0 bridgehead atoms. The number of halogens is 1. The molecule has 0 aliphatic rings. The highest BCUT2D eigenvalue weighted by atomic mass is 35.5. The van der Waals surface area contributed by atoms with E-state index in [0.29, 0.717) is 23.7 Å². The molecule has 0 spiro atoms. The first-order valence-electron chi connectivity index (χ1n) is 14.3. The summed E-state index contributed by atoms with van der Waals surface area (Å²) in [5.41, 5.74) is 4.05. The van der Waals surface area contributed by atoms with Gasteiger partial charge in [0.15, 0.2) is 0 Å². The number of nitrogens with zero attached hydrogens (tertiary/aromatic N) is 2. The molecule has 0 aliphatic heterocycles. The van der Waals surface area contributed by atoms with Crippen LogP contribution in [0.15, 0.2) is 72.8 Å². The summed E-state index contributed by atoms with van der Waals surface area (Å²) < 4.78 is 26.9. The van der Waals surface area contributed by atoms with Crippen molar-refractivity contribution in [2.45, 2.75) is 59.5 Å². The van der Waals surface area contributed by atoms with Crippen LogP contribution >= 0.6 is 11.6 Å². The predicted octanol–water partition coefficient (Wildman–Crippen LogP) is 5.92. The van der Waals surface area contributed by atoms with Crippen LogP contribution in [0, 0.1) is 19.8 Å². The van der Waals surface area contributed by atoms with Crippen LogP contribution in [0.4, 0.5) is 5.69 Å². The Hall–Kier alpha value is -3.36. The number of rotatable bonds is 14. The second kappa shape index (κ2) is 15.2. The first-order chi connectivity index (χ1) is 19.9. The molecular formula is C33H42ClN3O4S. The number of carbonyl (C=O) groups excluding carboxylic acids is 2. The van der Waals surface area contributed by atoms with Crippen molar-refractivity contribution in [3.63, 3.8) is 0 Å². The molecule has 0 aromatic heterocycles. The third kappa shape index (κ3) is 9.60. The van der Waals surface area contributed by atoms with E-state index in [2.05, 4.69) is 5.32 Å². The largest absolute Gasteiger partial charge is 0.354 e. The highest BCUT2D eigenvalue weighted by molar-refractivity contribution is 7.92. The Kier molecular flexibility index (Phi) is 12.0. The third-order valence-corrected chi connectivity index (χ3v) is 8.59. The quantitative estimate of drug-likeness (QED) is 0.245. The maximum absolute atomic E-state index is 14.0. The van der Waals surface area contributed by atoms with Crippen LogP contribution in [0.5, 0.6) is 0 Å². The molecule has 2 amide bonds. The van der Waals surface area contributed by atoms with Crippen LogP contribution < -0.4 is 9.62 Å².